The number of rotatable bonds is 3. The molecule has 3 N–H and O–H groups in total. The maximum absolute atomic E-state index is 11.2. The standard InChI is InChI=1S/C11H18N4O2/c1-7-4-15(5-8(7)2)6-9-3-10(14-17-9)11(16)13-12/h3,7-8H,4-6,12H2,1-2H3,(H,13,16). The summed E-state index contributed by atoms with van der Waals surface area (Å²) in [7, 11) is 0. The first-order chi connectivity index (χ1) is 8.10. The highest BCUT2D eigenvalue weighted by molar-refractivity contribution is 5.91. The molecule has 0 spiro atoms. The van der Waals surface area contributed by atoms with Crippen molar-refractivity contribution in [2.45, 2.75) is 20.4 Å². The Kier molecular flexibility index (Phi) is 3.44. The molecule has 2 heterocycles. The molecule has 0 radical (unpaired) electrons. The molecule has 2 rings (SSSR count). The van der Waals surface area contributed by atoms with Crippen molar-refractivity contribution >= 4 is 5.91 Å². The minimum Gasteiger partial charge on any atom is -0.359 e. The Balaban J connectivity index is 1.96. The minimum atomic E-state index is -0.428. The van der Waals surface area contributed by atoms with Crippen LogP contribution in [0.15, 0.2) is 10.6 Å². The van der Waals surface area contributed by atoms with Gasteiger partial charge in [0.1, 0.15) is 0 Å². The van der Waals surface area contributed by atoms with Gasteiger partial charge in [-0.15, -0.1) is 0 Å². The molecule has 1 saturated heterocycles. The Bertz CT molecular complexity index is 394. The molecule has 2 atom stereocenters. The second kappa shape index (κ2) is 4.85. The first-order valence-corrected chi connectivity index (χ1v) is 5.79. The highest BCUT2D eigenvalue weighted by atomic mass is 16.5. The summed E-state index contributed by atoms with van der Waals surface area (Å²) in [5.74, 6) is 6.69. The zero-order valence-corrected chi connectivity index (χ0v) is 10.1. The fourth-order valence-corrected chi connectivity index (χ4v) is 2.17. The SMILES string of the molecule is CC1CN(Cc2cc(C(=O)NN)no2)CC1C. The number of hydrazine groups is 1. The first-order valence-electron chi connectivity index (χ1n) is 5.79. The molecule has 1 aromatic heterocycles. The Morgan fingerprint density at radius 1 is 1.59 bits per heavy atom. The largest absolute Gasteiger partial charge is 0.359 e. The zero-order valence-electron chi connectivity index (χ0n) is 10.1. The first kappa shape index (κ1) is 12.1. The monoisotopic (exact) mass is 238 g/mol. The number of nitrogen functional groups attached to an aromatic ring is 1. The van der Waals surface area contributed by atoms with Crippen LogP contribution in [-0.4, -0.2) is 29.1 Å². The molecule has 6 heteroatoms. The van der Waals surface area contributed by atoms with E-state index < -0.39 is 5.91 Å². The number of carbonyl (C=O) groups excluding carboxylic acids is 1. The number of nitrogens with one attached hydrogen (secondary N) is 1. The van der Waals surface area contributed by atoms with E-state index in [0.29, 0.717) is 24.1 Å². The number of likely N-dealkylation sites (tertiary alicyclic amines) is 1. The number of carbonyl (C=O) groups is 1. The van der Waals surface area contributed by atoms with Crippen LogP contribution in [0, 0.1) is 11.8 Å². The maximum Gasteiger partial charge on any atom is 0.287 e. The predicted molar refractivity (Wildman–Crippen MR) is 61.8 cm³/mol. The lowest BCUT2D eigenvalue weighted by atomic mass is 10.0. The van der Waals surface area contributed by atoms with Crippen molar-refractivity contribution in [3.05, 3.63) is 17.5 Å². The average Bonchev–Trinajstić information content (AvgIpc) is 2.87. The Morgan fingerprint density at radius 3 is 2.82 bits per heavy atom. The van der Waals surface area contributed by atoms with Gasteiger partial charge in [-0.3, -0.25) is 15.1 Å². The third-order valence-electron chi connectivity index (χ3n) is 3.37. The number of hydrogen-bond acceptors (Lipinski definition) is 5. The molecule has 1 fully saturated rings. The molecular formula is C11H18N4O2. The normalized spacial score (nSPS) is 25.1. The van der Waals surface area contributed by atoms with Crippen LogP contribution in [0.2, 0.25) is 0 Å². The van der Waals surface area contributed by atoms with Crippen molar-refractivity contribution in [2.75, 3.05) is 13.1 Å². The molecule has 1 amide bonds. The molecule has 0 aliphatic carbocycles. The van der Waals surface area contributed by atoms with E-state index >= 15 is 0 Å². The molecular weight excluding hydrogens is 220 g/mol. The van der Waals surface area contributed by atoms with Gasteiger partial charge in [0.15, 0.2) is 11.5 Å². The Labute approximate surface area is 100 Å². The van der Waals surface area contributed by atoms with Gasteiger partial charge in [0.25, 0.3) is 5.91 Å². The van der Waals surface area contributed by atoms with Crippen LogP contribution in [0.5, 0.6) is 0 Å². The summed E-state index contributed by atoms with van der Waals surface area (Å²) in [4.78, 5) is 13.5. The lowest BCUT2D eigenvalue weighted by molar-refractivity contribution is 0.0944. The maximum atomic E-state index is 11.2. The van der Waals surface area contributed by atoms with Crippen molar-refractivity contribution in [3.63, 3.8) is 0 Å². The van der Waals surface area contributed by atoms with Gasteiger partial charge in [0.05, 0.1) is 6.54 Å². The summed E-state index contributed by atoms with van der Waals surface area (Å²) < 4.78 is 5.11. The molecule has 6 nitrogen and oxygen atoms in total. The van der Waals surface area contributed by atoms with E-state index in [9.17, 15) is 4.79 Å². The van der Waals surface area contributed by atoms with Crippen LogP contribution in [0.4, 0.5) is 0 Å². The number of nitrogens with two attached hydrogens (primary N) is 1. The number of nitrogens with zero attached hydrogens (tertiary/aromatic N) is 2. The smallest absolute Gasteiger partial charge is 0.287 e. The second-order valence-corrected chi connectivity index (χ2v) is 4.80. The fourth-order valence-electron chi connectivity index (χ4n) is 2.17. The Hall–Kier alpha value is -1.40. The lowest BCUT2D eigenvalue weighted by Gasteiger charge is -2.12. The van der Waals surface area contributed by atoms with Crippen molar-refractivity contribution in [1.82, 2.24) is 15.5 Å². The van der Waals surface area contributed by atoms with Gasteiger partial charge in [0.2, 0.25) is 0 Å². The van der Waals surface area contributed by atoms with Gasteiger partial charge in [-0.1, -0.05) is 19.0 Å². The highest BCUT2D eigenvalue weighted by Gasteiger charge is 2.26. The van der Waals surface area contributed by atoms with E-state index in [4.69, 9.17) is 10.4 Å². The molecule has 17 heavy (non-hydrogen) atoms. The Morgan fingerprint density at radius 2 is 2.24 bits per heavy atom. The summed E-state index contributed by atoms with van der Waals surface area (Å²) in [6.45, 7) is 7.30. The van der Waals surface area contributed by atoms with Gasteiger partial charge in [0, 0.05) is 19.2 Å². The van der Waals surface area contributed by atoms with Gasteiger partial charge in [-0.05, 0) is 11.8 Å². The van der Waals surface area contributed by atoms with Crippen molar-refractivity contribution in [3.8, 4) is 0 Å². The summed E-state index contributed by atoms with van der Waals surface area (Å²) in [6.07, 6.45) is 0. The fraction of sp³-hybridized carbons (Fsp3) is 0.636. The molecule has 94 valence electrons. The molecule has 0 bridgehead atoms. The van der Waals surface area contributed by atoms with Crippen LogP contribution in [0.25, 0.3) is 0 Å². The van der Waals surface area contributed by atoms with Gasteiger partial charge in [-0.2, -0.15) is 0 Å². The van der Waals surface area contributed by atoms with Crippen LogP contribution in [-0.2, 0) is 6.54 Å². The lowest BCUT2D eigenvalue weighted by Crippen LogP contribution is -2.30. The van der Waals surface area contributed by atoms with E-state index in [0.717, 1.165) is 13.1 Å². The quantitative estimate of drug-likeness (QED) is 0.451. The minimum absolute atomic E-state index is 0.225. The van der Waals surface area contributed by atoms with E-state index in [1.165, 1.54) is 0 Å². The third kappa shape index (κ3) is 2.65. The molecule has 0 saturated carbocycles. The van der Waals surface area contributed by atoms with Crippen molar-refractivity contribution < 1.29 is 9.32 Å². The van der Waals surface area contributed by atoms with E-state index in [-0.39, 0.29) is 5.69 Å². The van der Waals surface area contributed by atoms with Crippen LogP contribution < -0.4 is 11.3 Å². The summed E-state index contributed by atoms with van der Waals surface area (Å²) in [5.41, 5.74) is 2.25. The molecule has 2 unspecified atom stereocenters. The second-order valence-electron chi connectivity index (χ2n) is 4.80. The topological polar surface area (TPSA) is 84.4 Å². The van der Waals surface area contributed by atoms with Gasteiger partial charge in [-0.25, -0.2) is 5.84 Å². The number of amides is 1. The van der Waals surface area contributed by atoms with E-state index in [2.05, 4.69) is 23.9 Å². The van der Waals surface area contributed by atoms with E-state index in [1.807, 2.05) is 5.43 Å². The van der Waals surface area contributed by atoms with Gasteiger partial charge < -0.3 is 4.52 Å². The molecule has 1 aliphatic heterocycles. The third-order valence-corrected chi connectivity index (χ3v) is 3.37. The van der Waals surface area contributed by atoms with E-state index in [1.54, 1.807) is 6.07 Å². The summed E-state index contributed by atoms with van der Waals surface area (Å²) in [5, 5.41) is 3.67. The van der Waals surface area contributed by atoms with Gasteiger partial charge >= 0.3 is 0 Å². The number of hydrogen-bond donors (Lipinski definition) is 2. The highest BCUT2D eigenvalue weighted by Crippen LogP contribution is 2.23. The zero-order chi connectivity index (χ0) is 12.4. The molecule has 1 aliphatic rings. The number of aromatic nitrogens is 1. The average molecular weight is 238 g/mol. The summed E-state index contributed by atoms with van der Waals surface area (Å²) >= 11 is 0. The summed E-state index contributed by atoms with van der Waals surface area (Å²) in [6, 6.07) is 1.63. The van der Waals surface area contributed by atoms with Crippen LogP contribution >= 0.6 is 0 Å². The molecule has 1 aromatic rings. The molecule has 0 aromatic carbocycles. The van der Waals surface area contributed by atoms with Crippen LogP contribution in [0.3, 0.4) is 0 Å². The van der Waals surface area contributed by atoms with Crippen molar-refractivity contribution in [2.24, 2.45) is 17.7 Å². The van der Waals surface area contributed by atoms with Crippen molar-refractivity contribution in [1.29, 1.82) is 0 Å². The van der Waals surface area contributed by atoms with Crippen LogP contribution in [0.1, 0.15) is 30.1 Å². The predicted octanol–water partition coefficient (Wildman–Crippen LogP) is 0.366.